The summed E-state index contributed by atoms with van der Waals surface area (Å²) in [6.45, 7) is 0. The Morgan fingerprint density at radius 2 is 1.43 bits per heavy atom. The summed E-state index contributed by atoms with van der Waals surface area (Å²) in [5, 5.41) is 0. The highest BCUT2D eigenvalue weighted by Crippen LogP contribution is 2.35. The van der Waals surface area contributed by atoms with Crippen LogP contribution >= 0.6 is 15.9 Å². The summed E-state index contributed by atoms with van der Waals surface area (Å²) in [7, 11) is 6.49. The SMILES string of the molecule is COc1cc(/C=C/c2ccc(OC)c(OC)c2)c(Br)c(OC)c1. The molecule has 0 saturated carbocycles. The molecule has 0 saturated heterocycles. The summed E-state index contributed by atoms with van der Waals surface area (Å²) in [6.07, 6.45) is 3.97. The summed E-state index contributed by atoms with van der Waals surface area (Å²) in [6, 6.07) is 9.52. The fraction of sp³-hybridized carbons (Fsp3) is 0.222. The maximum Gasteiger partial charge on any atom is 0.161 e. The average molecular weight is 379 g/mol. The fourth-order valence-electron chi connectivity index (χ4n) is 2.12. The lowest BCUT2D eigenvalue weighted by Crippen LogP contribution is -1.91. The minimum atomic E-state index is 0.692. The summed E-state index contributed by atoms with van der Waals surface area (Å²) in [5.74, 6) is 2.85. The zero-order chi connectivity index (χ0) is 16.8. The van der Waals surface area contributed by atoms with Gasteiger partial charge in [0.05, 0.1) is 32.9 Å². The number of halogens is 1. The first-order chi connectivity index (χ1) is 11.1. The van der Waals surface area contributed by atoms with Gasteiger partial charge in [-0.15, -0.1) is 0 Å². The first-order valence-electron chi connectivity index (χ1n) is 6.94. The molecule has 0 bridgehead atoms. The predicted octanol–water partition coefficient (Wildman–Crippen LogP) is 4.65. The lowest BCUT2D eigenvalue weighted by Gasteiger charge is -2.10. The number of ether oxygens (including phenoxy) is 4. The van der Waals surface area contributed by atoms with Crippen molar-refractivity contribution in [2.45, 2.75) is 0 Å². The topological polar surface area (TPSA) is 36.9 Å². The van der Waals surface area contributed by atoms with Gasteiger partial charge in [-0.2, -0.15) is 0 Å². The number of hydrogen-bond acceptors (Lipinski definition) is 4. The van der Waals surface area contributed by atoms with Crippen LogP contribution in [-0.2, 0) is 0 Å². The van der Waals surface area contributed by atoms with E-state index in [9.17, 15) is 0 Å². The summed E-state index contributed by atoms with van der Waals surface area (Å²) < 4.78 is 22.1. The van der Waals surface area contributed by atoms with E-state index in [2.05, 4.69) is 15.9 Å². The van der Waals surface area contributed by atoms with Crippen LogP contribution in [0.3, 0.4) is 0 Å². The molecule has 2 rings (SSSR count). The van der Waals surface area contributed by atoms with Gasteiger partial charge in [-0.05, 0) is 45.3 Å². The van der Waals surface area contributed by atoms with E-state index < -0.39 is 0 Å². The van der Waals surface area contributed by atoms with Crippen molar-refractivity contribution in [2.75, 3.05) is 28.4 Å². The van der Waals surface area contributed by atoms with Crippen LogP contribution in [0.25, 0.3) is 12.2 Å². The second kappa shape index (κ2) is 7.92. The molecule has 2 aromatic carbocycles. The van der Waals surface area contributed by atoms with Crippen LogP contribution in [0.4, 0.5) is 0 Å². The third kappa shape index (κ3) is 3.99. The molecular weight excluding hydrogens is 360 g/mol. The maximum atomic E-state index is 5.35. The van der Waals surface area contributed by atoms with Crippen molar-refractivity contribution in [3.05, 3.63) is 45.9 Å². The molecule has 0 N–H and O–H groups in total. The van der Waals surface area contributed by atoms with Gasteiger partial charge in [-0.3, -0.25) is 0 Å². The van der Waals surface area contributed by atoms with Gasteiger partial charge in [0, 0.05) is 6.07 Å². The maximum absolute atomic E-state index is 5.35. The van der Waals surface area contributed by atoms with Gasteiger partial charge in [0.25, 0.3) is 0 Å². The van der Waals surface area contributed by atoms with Crippen LogP contribution in [0.15, 0.2) is 34.8 Å². The Hall–Kier alpha value is -2.14. The van der Waals surface area contributed by atoms with Gasteiger partial charge in [0.2, 0.25) is 0 Å². The monoisotopic (exact) mass is 378 g/mol. The molecule has 0 aliphatic carbocycles. The molecule has 0 aromatic heterocycles. The van der Waals surface area contributed by atoms with Crippen molar-refractivity contribution >= 4 is 28.1 Å². The van der Waals surface area contributed by atoms with E-state index in [1.54, 1.807) is 28.4 Å². The molecule has 0 spiro atoms. The molecule has 0 aliphatic heterocycles. The molecule has 5 heteroatoms. The van der Waals surface area contributed by atoms with Gasteiger partial charge in [-0.25, -0.2) is 0 Å². The van der Waals surface area contributed by atoms with Gasteiger partial charge >= 0.3 is 0 Å². The lowest BCUT2D eigenvalue weighted by atomic mass is 10.1. The van der Waals surface area contributed by atoms with Crippen LogP contribution in [-0.4, -0.2) is 28.4 Å². The van der Waals surface area contributed by atoms with E-state index in [1.165, 1.54) is 0 Å². The molecule has 0 fully saturated rings. The third-order valence-electron chi connectivity index (χ3n) is 3.36. The highest BCUT2D eigenvalue weighted by molar-refractivity contribution is 9.10. The first-order valence-corrected chi connectivity index (χ1v) is 7.73. The Labute approximate surface area is 144 Å². The van der Waals surface area contributed by atoms with E-state index in [0.717, 1.165) is 27.1 Å². The van der Waals surface area contributed by atoms with E-state index in [0.29, 0.717) is 11.5 Å². The molecule has 4 nitrogen and oxygen atoms in total. The van der Waals surface area contributed by atoms with Crippen LogP contribution in [0, 0.1) is 0 Å². The van der Waals surface area contributed by atoms with Crippen LogP contribution in [0.2, 0.25) is 0 Å². The van der Waals surface area contributed by atoms with Gasteiger partial charge in [-0.1, -0.05) is 18.2 Å². The second-order valence-electron chi connectivity index (χ2n) is 4.68. The number of rotatable bonds is 6. The molecule has 0 aliphatic rings. The van der Waals surface area contributed by atoms with E-state index in [-0.39, 0.29) is 0 Å². The Kier molecular flexibility index (Phi) is 5.93. The highest BCUT2D eigenvalue weighted by atomic mass is 79.9. The third-order valence-corrected chi connectivity index (χ3v) is 4.21. The summed E-state index contributed by atoms with van der Waals surface area (Å²) in [4.78, 5) is 0. The lowest BCUT2D eigenvalue weighted by molar-refractivity contribution is 0.355. The zero-order valence-corrected chi connectivity index (χ0v) is 15.1. The smallest absolute Gasteiger partial charge is 0.161 e. The minimum Gasteiger partial charge on any atom is -0.497 e. The average Bonchev–Trinajstić information content (AvgIpc) is 2.60. The first kappa shape index (κ1) is 17.2. The predicted molar refractivity (Wildman–Crippen MR) is 95.7 cm³/mol. The van der Waals surface area contributed by atoms with Crippen LogP contribution in [0.1, 0.15) is 11.1 Å². The molecular formula is C18H19BrO4. The minimum absolute atomic E-state index is 0.692. The largest absolute Gasteiger partial charge is 0.497 e. The number of benzene rings is 2. The Morgan fingerprint density at radius 3 is 2.04 bits per heavy atom. The van der Waals surface area contributed by atoms with Gasteiger partial charge < -0.3 is 18.9 Å². The highest BCUT2D eigenvalue weighted by Gasteiger charge is 2.08. The second-order valence-corrected chi connectivity index (χ2v) is 5.47. The van der Waals surface area contributed by atoms with Gasteiger partial charge in [0.1, 0.15) is 11.5 Å². The Morgan fingerprint density at radius 1 is 0.739 bits per heavy atom. The molecule has 2 aromatic rings. The van der Waals surface area contributed by atoms with Crippen LogP contribution < -0.4 is 18.9 Å². The van der Waals surface area contributed by atoms with Crippen molar-refractivity contribution in [1.29, 1.82) is 0 Å². The molecule has 0 unspecified atom stereocenters. The number of hydrogen-bond donors (Lipinski definition) is 0. The summed E-state index contributed by atoms with van der Waals surface area (Å²) in [5.41, 5.74) is 1.95. The summed E-state index contributed by atoms with van der Waals surface area (Å²) >= 11 is 3.55. The van der Waals surface area contributed by atoms with E-state index in [4.69, 9.17) is 18.9 Å². The molecule has 0 radical (unpaired) electrons. The molecule has 0 amide bonds. The van der Waals surface area contributed by atoms with Crippen LogP contribution in [0.5, 0.6) is 23.0 Å². The van der Waals surface area contributed by atoms with Crippen molar-refractivity contribution in [3.63, 3.8) is 0 Å². The normalized spacial score (nSPS) is 10.7. The van der Waals surface area contributed by atoms with Crippen molar-refractivity contribution < 1.29 is 18.9 Å². The molecule has 122 valence electrons. The van der Waals surface area contributed by atoms with Crippen molar-refractivity contribution in [2.24, 2.45) is 0 Å². The Bertz CT molecular complexity index is 710. The standard InChI is InChI=1S/C18H19BrO4/c1-20-14-10-13(18(19)17(11-14)23-4)7-5-12-6-8-15(21-2)16(9-12)22-3/h5-11H,1-4H3/b7-5+. The quantitative estimate of drug-likeness (QED) is 0.685. The van der Waals surface area contributed by atoms with Crippen molar-refractivity contribution in [3.8, 4) is 23.0 Å². The Balaban J connectivity index is 2.36. The molecule has 23 heavy (non-hydrogen) atoms. The zero-order valence-electron chi connectivity index (χ0n) is 13.6. The van der Waals surface area contributed by atoms with E-state index in [1.807, 2.05) is 42.5 Å². The molecule has 0 atom stereocenters. The van der Waals surface area contributed by atoms with Gasteiger partial charge in [0.15, 0.2) is 11.5 Å². The molecule has 0 heterocycles. The van der Waals surface area contributed by atoms with E-state index >= 15 is 0 Å². The fourth-order valence-corrected chi connectivity index (χ4v) is 2.65. The number of methoxy groups -OCH3 is 4. The van der Waals surface area contributed by atoms with Crippen molar-refractivity contribution in [1.82, 2.24) is 0 Å².